The third-order valence-corrected chi connectivity index (χ3v) is 5.15. The zero-order chi connectivity index (χ0) is 21.4. The van der Waals surface area contributed by atoms with Gasteiger partial charge in [0.2, 0.25) is 5.91 Å². The fourth-order valence-electron chi connectivity index (χ4n) is 2.79. The van der Waals surface area contributed by atoms with E-state index >= 15 is 0 Å². The van der Waals surface area contributed by atoms with Gasteiger partial charge < -0.3 is 15.0 Å². The van der Waals surface area contributed by atoms with Crippen molar-refractivity contribution in [1.82, 2.24) is 10.2 Å². The van der Waals surface area contributed by atoms with Crippen LogP contribution in [0, 0.1) is 0 Å². The number of likely N-dealkylation sites (N-methyl/N-ethyl adjacent to an activating group) is 1. The van der Waals surface area contributed by atoms with Crippen LogP contribution >= 0.6 is 23.2 Å². The van der Waals surface area contributed by atoms with Gasteiger partial charge in [0.25, 0.3) is 5.91 Å². The van der Waals surface area contributed by atoms with E-state index in [0.717, 1.165) is 6.42 Å². The van der Waals surface area contributed by atoms with E-state index in [4.69, 9.17) is 27.9 Å². The van der Waals surface area contributed by atoms with Crippen LogP contribution < -0.4 is 10.1 Å². The molecule has 0 aromatic heterocycles. The molecule has 0 radical (unpaired) electrons. The Morgan fingerprint density at radius 1 is 1.10 bits per heavy atom. The van der Waals surface area contributed by atoms with E-state index in [-0.39, 0.29) is 25.0 Å². The maximum atomic E-state index is 12.9. The average molecular weight is 437 g/mol. The minimum Gasteiger partial charge on any atom is -0.484 e. The molecule has 2 rings (SSSR count). The fourth-order valence-corrected chi connectivity index (χ4v) is 3.26. The predicted octanol–water partition coefficient (Wildman–Crippen LogP) is 4.49. The molecule has 2 aromatic rings. The Balaban J connectivity index is 2.15. The molecule has 7 heteroatoms. The maximum absolute atomic E-state index is 12.9. The summed E-state index contributed by atoms with van der Waals surface area (Å²) >= 11 is 12.2. The number of aryl methyl sites for hydroxylation is 1. The summed E-state index contributed by atoms with van der Waals surface area (Å²) in [7, 11) is 0. The predicted molar refractivity (Wildman–Crippen MR) is 116 cm³/mol. The Kier molecular flexibility index (Phi) is 8.80. The van der Waals surface area contributed by atoms with Crippen molar-refractivity contribution in [2.45, 2.75) is 39.8 Å². The molecule has 5 nitrogen and oxygen atoms in total. The van der Waals surface area contributed by atoms with Crippen LogP contribution in [0.5, 0.6) is 5.75 Å². The van der Waals surface area contributed by atoms with Gasteiger partial charge >= 0.3 is 0 Å². The number of hydrogen-bond acceptors (Lipinski definition) is 3. The molecule has 0 aliphatic heterocycles. The van der Waals surface area contributed by atoms with Gasteiger partial charge in [-0.15, -0.1) is 0 Å². The number of carbonyl (C=O) groups excluding carboxylic acids is 2. The number of hydrogen-bond donors (Lipinski definition) is 1. The lowest BCUT2D eigenvalue weighted by atomic mass is 10.1. The molecule has 1 unspecified atom stereocenters. The summed E-state index contributed by atoms with van der Waals surface area (Å²) in [6.45, 7) is 6.06. The standard InChI is InChI=1S/C22H26Cl2N2O3/c1-4-16-6-10-19(11-7-16)29-14-21(27)26(15(3)22(28)25-5-2)13-17-8-9-18(23)12-20(17)24/h6-12,15H,4-5,13-14H2,1-3H3,(H,25,28). The molecule has 2 aromatic carbocycles. The number of ether oxygens (including phenoxy) is 1. The summed E-state index contributed by atoms with van der Waals surface area (Å²) in [5.74, 6) is 0.0539. The zero-order valence-corrected chi connectivity index (χ0v) is 18.4. The number of nitrogens with one attached hydrogen (secondary N) is 1. The molecule has 1 atom stereocenters. The van der Waals surface area contributed by atoms with Crippen molar-refractivity contribution >= 4 is 35.0 Å². The number of rotatable bonds is 9. The Hall–Kier alpha value is -2.24. The first kappa shape index (κ1) is 23.0. The molecular weight excluding hydrogens is 411 g/mol. The maximum Gasteiger partial charge on any atom is 0.261 e. The van der Waals surface area contributed by atoms with Crippen molar-refractivity contribution in [2.24, 2.45) is 0 Å². The second-order valence-electron chi connectivity index (χ2n) is 6.61. The van der Waals surface area contributed by atoms with Crippen LogP contribution in [0.25, 0.3) is 0 Å². The van der Waals surface area contributed by atoms with Crippen LogP contribution in [-0.2, 0) is 22.6 Å². The van der Waals surface area contributed by atoms with Gasteiger partial charge in [0.15, 0.2) is 6.61 Å². The van der Waals surface area contributed by atoms with E-state index in [1.165, 1.54) is 10.5 Å². The largest absolute Gasteiger partial charge is 0.484 e. The van der Waals surface area contributed by atoms with Gasteiger partial charge in [-0.1, -0.05) is 48.3 Å². The van der Waals surface area contributed by atoms with Gasteiger partial charge in [0.1, 0.15) is 11.8 Å². The number of benzene rings is 2. The minimum absolute atomic E-state index is 0.172. The van der Waals surface area contributed by atoms with Crippen LogP contribution in [0.4, 0.5) is 0 Å². The summed E-state index contributed by atoms with van der Waals surface area (Å²) in [5.41, 5.74) is 1.89. The summed E-state index contributed by atoms with van der Waals surface area (Å²) in [5, 5.41) is 3.69. The van der Waals surface area contributed by atoms with Crippen LogP contribution in [0.15, 0.2) is 42.5 Å². The third-order valence-electron chi connectivity index (χ3n) is 4.57. The Morgan fingerprint density at radius 2 is 1.79 bits per heavy atom. The molecule has 0 heterocycles. The van der Waals surface area contributed by atoms with Crippen molar-refractivity contribution in [3.8, 4) is 5.75 Å². The van der Waals surface area contributed by atoms with Crippen molar-refractivity contribution in [2.75, 3.05) is 13.2 Å². The first-order valence-electron chi connectivity index (χ1n) is 9.58. The highest BCUT2D eigenvalue weighted by Crippen LogP contribution is 2.23. The van der Waals surface area contributed by atoms with E-state index in [0.29, 0.717) is 27.9 Å². The Labute approximate surface area is 181 Å². The molecule has 29 heavy (non-hydrogen) atoms. The minimum atomic E-state index is -0.680. The van der Waals surface area contributed by atoms with E-state index in [9.17, 15) is 9.59 Å². The number of carbonyl (C=O) groups is 2. The molecule has 0 bridgehead atoms. The summed E-state index contributed by atoms with van der Waals surface area (Å²) in [6.07, 6.45) is 0.929. The molecule has 1 N–H and O–H groups in total. The van der Waals surface area contributed by atoms with E-state index < -0.39 is 6.04 Å². The second-order valence-corrected chi connectivity index (χ2v) is 7.46. The fraction of sp³-hybridized carbons (Fsp3) is 0.364. The molecule has 0 aliphatic rings. The number of nitrogens with zero attached hydrogens (tertiary/aromatic N) is 1. The molecular formula is C22H26Cl2N2O3. The molecule has 0 spiro atoms. The number of amides is 2. The average Bonchev–Trinajstić information content (AvgIpc) is 2.71. The highest BCUT2D eigenvalue weighted by molar-refractivity contribution is 6.35. The van der Waals surface area contributed by atoms with Crippen LogP contribution in [0.3, 0.4) is 0 Å². The Morgan fingerprint density at radius 3 is 2.38 bits per heavy atom. The molecule has 0 fully saturated rings. The lowest BCUT2D eigenvalue weighted by Crippen LogP contribution is -2.49. The smallest absolute Gasteiger partial charge is 0.261 e. The van der Waals surface area contributed by atoms with Crippen molar-refractivity contribution in [1.29, 1.82) is 0 Å². The van der Waals surface area contributed by atoms with Gasteiger partial charge in [-0.25, -0.2) is 0 Å². The van der Waals surface area contributed by atoms with Gasteiger partial charge in [-0.3, -0.25) is 9.59 Å². The highest BCUT2D eigenvalue weighted by atomic mass is 35.5. The molecule has 0 saturated heterocycles. The monoisotopic (exact) mass is 436 g/mol. The van der Waals surface area contributed by atoms with Crippen LogP contribution in [0.2, 0.25) is 10.0 Å². The lowest BCUT2D eigenvalue weighted by molar-refractivity contribution is -0.142. The normalized spacial score (nSPS) is 11.6. The molecule has 2 amide bonds. The molecule has 156 valence electrons. The molecule has 0 aliphatic carbocycles. The summed E-state index contributed by atoms with van der Waals surface area (Å²) in [4.78, 5) is 26.7. The van der Waals surface area contributed by atoms with E-state index in [1.54, 1.807) is 25.1 Å². The van der Waals surface area contributed by atoms with E-state index in [2.05, 4.69) is 12.2 Å². The highest BCUT2D eigenvalue weighted by Gasteiger charge is 2.26. The molecule has 0 saturated carbocycles. The Bertz CT molecular complexity index is 840. The SMILES string of the molecule is CCNC(=O)C(C)N(Cc1ccc(Cl)cc1Cl)C(=O)COc1ccc(CC)cc1. The van der Waals surface area contributed by atoms with Crippen molar-refractivity contribution < 1.29 is 14.3 Å². The first-order valence-corrected chi connectivity index (χ1v) is 10.3. The quantitative estimate of drug-likeness (QED) is 0.629. The third kappa shape index (κ3) is 6.65. The van der Waals surface area contributed by atoms with Crippen molar-refractivity contribution in [3.05, 3.63) is 63.6 Å². The van der Waals surface area contributed by atoms with Crippen LogP contribution in [0.1, 0.15) is 31.9 Å². The topological polar surface area (TPSA) is 58.6 Å². The van der Waals surface area contributed by atoms with E-state index in [1.807, 2.05) is 31.2 Å². The lowest BCUT2D eigenvalue weighted by Gasteiger charge is -2.29. The summed E-state index contributed by atoms with van der Waals surface area (Å²) < 4.78 is 5.65. The van der Waals surface area contributed by atoms with Gasteiger partial charge in [0, 0.05) is 23.1 Å². The zero-order valence-electron chi connectivity index (χ0n) is 16.9. The van der Waals surface area contributed by atoms with Crippen molar-refractivity contribution in [3.63, 3.8) is 0 Å². The van der Waals surface area contributed by atoms with Crippen LogP contribution in [-0.4, -0.2) is 35.9 Å². The second kappa shape index (κ2) is 11.1. The number of halogens is 2. The van der Waals surface area contributed by atoms with Gasteiger partial charge in [-0.05, 0) is 55.7 Å². The first-order chi connectivity index (χ1) is 13.8. The summed E-state index contributed by atoms with van der Waals surface area (Å²) in [6, 6.07) is 12.0. The van der Waals surface area contributed by atoms with Gasteiger partial charge in [-0.2, -0.15) is 0 Å². The van der Waals surface area contributed by atoms with Gasteiger partial charge in [0.05, 0.1) is 0 Å².